The highest BCUT2D eigenvalue weighted by Crippen LogP contribution is 2.21. The molecule has 2 rings (SSSR count). The molecule has 0 N–H and O–H groups in total. The fraction of sp³-hybridized carbons (Fsp3) is 0.750. The summed E-state index contributed by atoms with van der Waals surface area (Å²) in [6, 6.07) is 0. The normalized spacial score (nSPS) is 25.2. The van der Waals surface area contributed by atoms with E-state index in [9.17, 15) is 0 Å². The van der Waals surface area contributed by atoms with Crippen molar-refractivity contribution in [3.63, 3.8) is 0 Å². The molecule has 1 fully saturated rings. The van der Waals surface area contributed by atoms with Crippen molar-refractivity contribution in [2.45, 2.75) is 26.2 Å². The number of aliphatic imine (C=N–C) groups is 1. The van der Waals surface area contributed by atoms with Crippen molar-refractivity contribution in [3.8, 4) is 0 Å². The van der Waals surface area contributed by atoms with Crippen LogP contribution in [-0.4, -0.2) is 37.5 Å². The van der Waals surface area contributed by atoms with E-state index >= 15 is 0 Å². The van der Waals surface area contributed by atoms with E-state index in [4.69, 9.17) is 4.74 Å². The van der Waals surface area contributed by atoms with Crippen LogP contribution in [0.2, 0.25) is 0 Å². The maximum absolute atomic E-state index is 5.73. The molecule has 0 unspecified atom stereocenters. The van der Waals surface area contributed by atoms with Crippen LogP contribution in [-0.2, 0) is 4.74 Å². The lowest BCUT2D eigenvalue weighted by atomic mass is 9.97. The summed E-state index contributed by atoms with van der Waals surface area (Å²) in [5.74, 6) is 1.52. The molecular weight excluding hydrogens is 188 g/mol. The average Bonchev–Trinajstić information content (AvgIpc) is 2.44. The summed E-state index contributed by atoms with van der Waals surface area (Å²) in [5, 5.41) is 0. The number of hydrogen-bond acceptors (Lipinski definition) is 3. The molecule has 0 radical (unpaired) electrons. The Morgan fingerprint density at radius 2 is 2.13 bits per heavy atom. The lowest BCUT2D eigenvalue weighted by molar-refractivity contribution is 0.218. The molecule has 0 bridgehead atoms. The van der Waals surface area contributed by atoms with E-state index in [1.54, 1.807) is 0 Å². The number of nitrogens with zero attached hydrogens (tertiary/aromatic N) is 2. The van der Waals surface area contributed by atoms with Gasteiger partial charge < -0.3 is 9.64 Å². The molecule has 2 aliphatic heterocycles. The predicted octanol–water partition coefficient (Wildman–Crippen LogP) is 2.05. The third-order valence-electron chi connectivity index (χ3n) is 3.16. The van der Waals surface area contributed by atoms with Crippen LogP contribution in [0.4, 0.5) is 0 Å². The van der Waals surface area contributed by atoms with E-state index in [1.165, 1.54) is 12.8 Å². The van der Waals surface area contributed by atoms with Crippen LogP contribution in [0.5, 0.6) is 0 Å². The standard InChI is InChI=1S/C12H20N2O/c1-10-4-3-9-15-12(13-10)11-5-7-14(2)8-6-11/h4,11H,3,5-9H2,1-2H3. The molecule has 1 saturated heterocycles. The number of allylic oxidation sites excluding steroid dienone is 1. The van der Waals surface area contributed by atoms with Crippen LogP contribution in [0.3, 0.4) is 0 Å². The molecule has 2 heterocycles. The summed E-state index contributed by atoms with van der Waals surface area (Å²) in [7, 11) is 2.18. The lowest BCUT2D eigenvalue weighted by Crippen LogP contribution is -2.34. The third-order valence-corrected chi connectivity index (χ3v) is 3.16. The molecule has 3 nitrogen and oxygen atoms in total. The maximum atomic E-state index is 5.73. The van der Waals surface area contributed by atoms with Crippen LogP contribution < -0.4 is 0 Å². The SMILES string of the molecule is CC1=CCCOC(C2CCN(C)CC2)=N1. The van der Waals surface area contributed by atoms with Crippen LogP contribution >= 0.6 is 0 Å². The Labute approximate surface area is 91.8 Å². The van der Waals surface area contributed by atoms with E-state index in [0.29, 0.717) is 5.92 Å². The first-order chi connectivity index (χ1) is 7.25. The van der Waals surface area contributed by atoms with Crippen molar-refractivity contribution in [2.75, 3.05) is 26.7 Å². The summed E-state index contributed by atoms with van der Waals surface area (Å²) in [6.45, 7) is 5.18. The minimum Gasteiger partial charge on any atom is -0.480 e. The second-order valence-electron chi connectivity index (χ2n) is 4.51. The van der Waals surface area contributed by atoms with Crippen molar-refractivity contribution in [1.29, 1.82) is 0 Å². The second kappa shape index (κ2) is 4.79. The Kier molecular flexibility index (Phi) is 3.41. The van der Waals surface area contributed by atoms with Gasteiger partial charge in [0, 0.05) is 18.0 Å². The lowest BCUT2D eigenvalue weighted by Gasteiger charge is -2.29. The summed E-state index contributed by atoms with van der Waals surface area (Å²) in [5.41, 5.74) is 1.11. The van der Waals surface area contributed by atoms with Gasteiger partial charge in [-0.1, -0.05) is 6.08 Å². The number of hydrogen-bond donors (Lipinski definition) is 0. The number of rotatable bonds is 1. The van der Waals surface area contributed by atoms with Crippen molar-refractivity contribution in [1.82, 2.24) is 4.90 Å². The van der Waals surface area contributed by atoms with E-state index in [1.807, 2.05) is 0 Å². The Morgan fingerprint density at radius 3 is 2.87 bits per heavy atom. The zero-order chi connectivity index (χ0) is 10.7. The molecule has 0 amide bonds. The average molecular weight is 208 g/mol. The van der Waals surface area contributed by atoms with Crippen LogP contribution in [0.15, 0.2) is 16.8 Å². The first kappa shape index (κ1) is 10.7. The Bertz CT molecular complexity index is 275. The van der Waals surface area contributed by atoms with Crippen molar-refractivity contribution in [3.05, 3.63) is 11.8 Å². The smallest absolute Gasteiger partial charge is 0.191 e. The summed E-state index contributed by atoms with van der Waals surface area (Å²) in [4.78, 5) is 6.93. The molecule has 0 aromatic rings. The van der Waals surface area contributed by atoms with E-state index in [2.05, 4.69) is 29.9 Å². The maximum Gasteiger partial charge on any atom is 0.191 e. The fourth-order valence-corrected chi connectivity index (χ4v) is 2.15. The van der Waals surface area contributed by atoms with Crippen molar-refractivity contribution in [2.24, 2.45) is 10.9 Å². The monoisotopic (exact) mass is 208 g/mol. The van der Waals surface area contributed by atoms with E-state index in [-0.39, 0.29) is 0 Å². The first-order valence-electron chi connectivity index (χ1n) is 5.82. The Morgan fingerprint density at radius 1 is 1.40 bits per heavy atom. The van der Waals surface area contributed by atoms with E-state index in [0.717, 1.165) is 37.7 Å². The molecule has 0 aromatic carbocycles. The van der Waals surface area contributed by atoms with Gasteiger partial charge in [-0.3, -0.25) is 0 Å². The van der Waals surface area contributed by atoms with Gasteiger partial charge >= 0.3 is 0 Å². The van der Waals surface area contributed by atoms with Gasteiger partial charge in [0.2, 0.25) is 0 Å². The van der Waals surface area contributed by atoms with Crippen LogP contribution in [0, 0.1) is 5.92 Å². The van der Waals surface area contributed by atoms with Gasteiger partial charge in [0.25, 0.3) is 0 Å². The largest absolute Gasteiger partial charge is 0.480 e. The zero-order valence-corrected chi connectivity index (χ0v) is 9.70. The molecule has 2 aliphatic rings. The summed E-state index contributed by atoms with van der Waals surface area (Å²) in [6.07, 6.45) is 5.51. The molecule has 0 aromatic heterocycles. The summed E-state index contributed by atoms with van der Waals surface area (Å²) >= 11 is 0. The van der Waals surface area contributed by atoms with Gasteiger partial charge in [-0.2, -0.15) is 0 Å². The van der Waals surface area contributed by atoms with E-state index < -0.39 is 0 Å². The highest BCUT2D eigenvalue weighted by Gasteiger charge is 2.23. The second-order valence-corrected chi connectivity index (χ2v) is 4.51. The first-order valence-corrected chi connectivity index (χ1v) is 5.82. The number of likely N-dealkylation sites (tertiary alicyclic amines) is 1. The zero-order valence-electron chi connectivity index (χ0n) is 9.70. The van der Waals surface area contributed by atoms with Gasteiger partial charge in [-0.25, -0.2) is 4.99 Å². The molecule has 84 valence electrons. The predicted molar refractivity (Wildman–Crippen MR) is 62.0 cm³/mol. The highest BCUT2D eigenvalue weighted by molar-refractivity contribution is 5.80. The Hall–Kier alpha value is -0.830. The topological polar surface area (TPSA) is 24.8 Å². The van der Waals surface area contributed by atoms with Gasteiger partial charge in [-0.05, 0) is 39.9 Å². The minimum absolute atomic E-state index is 0.544. The highest BCUT2D eigenvalue weighted by atomic mass is 16.5. The van der Waals surface area contributed by atoms with Crippen LogP contribution in [0.1, 0.15) is 26.2 Å². The third kappa shape index (κ3) is 2.81. The molecule has 0 aliphatic carbocycles. The van der Waals surface area contributed by atoms with Crippen molar-refractivity contribution >= 4 is 5.90 Å². The van der Waals surface area contributed by atoms with Gasteiger partial charge in [0.15, 0.2) is 5.90 Å². The van der Waals surface area contributed by atoms with Gasteiger partial charge in [0.05, 0.1) is 6.61 Å². The van der Waals surface area contributed by atoms with Crippen LogP contribution in [0.25, 0.3) is 0 Å². The Balaban J connectivity index is 2.00. The van der Waals surface area contributed by atoms with Crippen molar-refractivity contribution < 1.29 is 4.74 Å². The molecule has 0 saturated carbocycles. The number of piperidine rings is 1. The minimum atomic E-state index is 0.544. The molecule has 0 spiro atoms. The quantitative estimate of drug-likeness (QED) is 0.659. The summed E-state index contributed by atoms with van der Waals surface area (Å²) < 4.78 is 5.73. The van der Waals surface area contributed by atoms with Gasteiger partial charge in [-0.15, -0.1) is 0 Å². The molecule has 3 heteroatoms. The van der Waals surface area contributed by atoms with Gasteiger partial charge in [0.1, 0.15) is 0 Å². The number of ether oxygens (including phenoxy) is 1. The fourth-order valence-electron chi connectivity index (χ4n) is 2.15. The molecule has 0 atom stereocenters. The molecular formula is C12H20N2O. The molecule has 15 heavy (non-hydrogen) atoms.